The number of rotatable bonds is 6. The van der Waals surface area contributed by atoms with Crippen molar-refractivity contribution < 1.29 is 23.1 Å². The van der Waals surface area contributed by atoms with E-state index >= 15 is 0 Å². The fourth-order valence-electron chi connectivity index (χ4n) is 1.44. The van der Waals surface area contributed by atoms with Crippen LogP contribution in [0.1, 0.15) is 17.4 Å². The lowest BCUT2D eigenvalue weighted by Gasteiger charge is -2.07. The molecule has 10 heteroatoms. The van der Waals surface area contributed by atoms with Gasteiger partial charge in [-0.05, 0) is 13.0 Å². The molecule has 112 valence electrons. The molecule has 0 atom stereocenters. The van der Waals surface area contributed by atoms with Crippen LogP contribution in [0, 0.1) is 0 Å². The van der Waals surface area contributed by atoms with Gasteiger partial charge in [-0.1, -0.05) is 0 Å². The zero-order chi connectivity index (χ0) is 15.5. The number of nitrogens with zero attached hydrogens (tertiary/aromatic N) is 2. The van der Waals surface area contributed by atoms with Gasteiger partial charge in [-0.2, -0.15) is 0 Å². The van der Waals surface area contributed by atoms with E-state index in [-0.39, 0.29) is 9.90 Å². The van der Waals surface area contributed by atoms with Crippen LogP contribution in [0.5, 0.6) is 5.88 Å². The molecule has 2 aromatic rings. The molecule has 21 heavy (non-hydrogen) atoms. The summed E-state index contributed by atoms with van der Waals surface area (Å²) >= 11 is 0.728. The number of aromatic nitrogens is 2. The standard InChI is InChI=1S/C11H11N3O5S2/c1-2-19-8-4-3-7(5-12-8)14-21(17,18)11-9(10(15)16)13-6-20-11/h3-6,14H,2H2,1H3,(H,15,16). The number of nitrogens with one attached hydrogen (secondary N) is 1. The highest BCUT2D eigenvalue weighted by atomic mass is 32.2. The molecule has 0 aliphatic rings. The van der Waals surface area contributed by atoms with Gasteiger partial charge in [0.2, 0.25) is 5.88 Å². The van der Waals surface area contributed by atoms with Crippen LogP contribution in [0.3, 0.4) is 0 Å². The second kappa shape index (κ2) is 6.06. The molecule has 2 heterocycles. The third-order valence-electron chi connectivity index (χ3n) is 2.26. The van der Waals surface area contributed by atoms with Gasteiger partial charge in [0, 0.05) is 6.07 Å². The number of carbonyl (C=O) groups is 1. The van der Waals surface area contributed by atoms with Crippen molar-refractivity contribution in [2.45, 2.75) is 11.1 Å². The molecule has 0 aliphatic carbocycles. The predicted molar refractivity (Wildman–Crippen MR) is 75.3 cm³/mol. The molecule has 2 aromatic heterocycles. The van der Waals surface area contributed by atoms with E-state index in [1.54, 1.807) is 6.92 Å². The van der Waals surface area contributed by atoms with E-state index in [4.69, 9.17) is 9.84 Å². The summed E-state index contributed by atoms with van der Waals surface area (Å²) < 4.78 is 31.3. The molecule has 0 saturated carbocycles. The largest absolute Gasteiger partial charge is 0.478 e. The summed E-state index contributed by atoms with van der Waals surface area (Å²) in [6.45, 7) is 2.25. The van der Waals surface area contributed by atoms with Crippen molar-refractivity contribution in [1.82, 2.24) is 9.97 Å². The molecule has 0 saturated heterocycles. The van der Waals surface area contributed by atoms with Crippen LogP contribution in [0.25, 0.3) is 0 Å². The molecule has 0 spiro atoms. The lowest BCUT2D eigenvalue weighted by molar-refractivity contribution is 0.0687. The Balaban J connectivity index is 2.25. The van der Waals surface area contributed by atoms with Crippen LogP contribution >= 0.6 is 11.3 Å². The molecular weight excluding hydrogens is 318 g/mol. The van der Waals surface area contributed by atoms with Gasteiger partial charge in [-0.3, -0.25) is 4.72 Å². The smallest absolute Gasteiger partial charge is 0.356 e. The first-order valence-corrected chi connectivity index (χ1v) is 8.08. The van der Waals surface area contributed by atoms with Gasteiger partial charge in [-0.15, -0.1) is 11.3 Å². The summed E-state index contributed by atoms with van der Waals surface area (Å²) in [4.78, 5) is 18.4. The van der Waals surface area contributed by atoms with Gasteiger partial charge in [0.05, 0.1) is 24.0 Å². The van der Waals surface area contributed by atoms with Crippen molar-refractivity contribution in [3.05, 3.63) is 29.5 Å². The molecule has 0 radical (unpaired) electrons. The minimum atomic E-state index is -4.03. The first-order valence-electron chi connectivity index (χ1n) is 5.72. The number of sulfonamides is 1. The minimum Gasteiger partial charge on any atom is -0.478 e. The molecule has 0 aromatic carbocycles. The zero-order valence-corrected chi connectivity index (χ0v) is 12.4. The van der Waals surface area contributed by atoms with Crippen molar-refractivity contribution in [2.75, 3.05) is 11.3 Å². The number of ether oxygens (including phenoxy) is 1. The second-order valence-corrected chi connectivity index (χ2v) is 6.45. The summed E-state index contributed by atoms with van der Waals surface area (Å²) in [5.74, 6) is -1.04. The molecular formula is C11H11N3O5S2. The molecule has 0 fully saturated rings. The van der Waals surface area contributed by atoms with E-state index in [0.717, 1.165) is 16.8 Å². The molecule has 0 amide bonds. The SMILES string of the molecule is CCOc1ccc(NS(=O)(=O)c2scnc2C(=O)O)cn1. The van der Waals surface area contributed by atoms with Crippen LogP contribution in [-0.4, -0.2) is 36.1 Å². The Kier molecular flexibility index (Phi) is 4.38. The van der Waals surface area contributed by atoms with E-state index in [2.05, 4.69) is 14.7 Å². The van der Waals surface area contributed by atoms with E-state index in [0.29, 0.717) is 12.5 Å². The van der Waals surface area contributed by atoms with Gasteiger partial charge >= 0.3 is 5.97 Å². The first-order chi connectivity index (χ1) is 9.94. The maximum atomic E-state index is 12.1. The number of pyridine rings is 1. The third kappa shape index (κ3) is 3.47. The van der Waals surface area contributed by atoms with E-state index in [1.807, 2.05) is 0 Å². The average molecular weight is 329 g/mol. The van der Waals surface area contributed by atoms with Crippen molar-refractivity contribution in [3.8, 4) is 5.88 Å². The topological polar surface area (TPSA) is 118 Å². The number of anilines is 1. The van der Waals surface area contributed by atoms with E-state index < -0.39 is 21.7 Å². The summed E-state index contributed by atoms with van der Waals surface area (Å²) in [6.07, 6.45) is 1.28. The highest BCUT2D eigenvalue weighted by Gasteiger charge is 2.25. The predicted octanol–water partition coefficient (Wildman–Crippen LogP) is 1.44. The number of thiazole rings is 1. The van der Waals surface area contributed by atoms with E-state index in [1.165, 1.54) is 18.3 Å². The van der Waals surface area contributed by atoms with Gasteiger partial charge in [0.25, 0.3) is 10.0 Å². The molecule has 8 nitrogen and oxygen atoms in total. The van der Waals surface area contributed by atoms with Crippen molar-refractivity contribution >= 4 is 33.0 Å². The van der Waals surface area contributed by atoms with Gasteiger partial charge < -0.3 is 9.84 Å². The van der Waals surface area contributed by atoms with Crippen molar-refractivity contribution in [3.63, 3.8) is 0 Å². The highest BCUT2D eigenvalue weighted by Crippen LogP contribution is 2.23. The van der Waals surface area contributed by atoms with Gasteiger partial charge in [0.15, 0.2) is 9.90 Å². The normalized spacial score (nSPS) is 11.1. The zero-order valence-electron chi connectivity index (χ0n) is 10.8. The molecule has 2 rings (SSSR count). The summed E-state index contributed by atoms with van der Waals surface area (Å²) in [5.41, 5.74) is 0.851. The molecule has 0 unspecified atom stereocenters. The Morgan fingerprint density at radius 1 is 1.43 bits per heavy atom. The number of carboxylic acids is 1. The fraction of sp³-hybridized carbons (Fsp3) is 0.182. The Bertz CT molecular complexity index is 739. The number of carboxylic acid groups (broad SMARTS) is 1. The molecule has 0 bridgehead atoms. The summed E-state index contributed by atoms with van der Waals surface area (Å²) in [7, 11) is -4.03. The summed E-state index contributed by atoms with van der Waals surface area (Å²) in [6, 6.07) is 2.98. The number of hydrogen-bond acceptors (Lipinski definition) is 7. The number of hydrogen-bond donors (Lipinski definition) is 2. The number of aromatic carboxylic acids is 1. The Hall–Kier alpha value is -2.20. The Morgan fingerprint density at radius 3 is 2.76 bits per heavy atom. The van der Waals surface area contributed by atoms with E-state index in [9.17, 15) is 13.2 Å². The third-order valence-corrected chi connectivity index (χ3v) is 5.01. The maximum Gasteiger partial charge on any atom is 0.356 e. The van der Waals surface area contributed by atoms with Crippen molar-refractivity contribution in [1.29, 1.82) is 0 Å². The summed E-state index contributed by atoms with van der Waals surface area (Å²) in [5, 5.41) is 8.90. The lowest BCUT2D eigenvalue weighted by atomic mass is 10.4. The quantitative estimate of drug-likeness (QED) is 0.823. The molecule has 2 N–H and O–H groups in total. The van der Waals surface area contributed by atoms with Crippen molar-refractivity contribution in [2.24, 2.45) is 0 Å². The van der Waals surface area contributed by atoms with Crippen LogP contribution in [0.4, 0.5) is 5.69 Å². The monoisotopic (exact) mass is 329 g/mol. The Labute approximate surface area is 124 Å². The average Bonchev–Trinajstić information content (AvgIpc) is 2.91. The van der Waals surface area contributed by atoms with Crippen LogP contribution in [0.2, 0.25) is 0 Å². The highest BCUT2D eigenvalue weighted by molar-refractivity contribution is 7.94. The molecule has 0 aliphatic heterocycles. The van der Waals surface area contributed by atoms with Crippen LogP contribution in [-0.2, 0) is 10.0 Å². The Morgan fingerprint density at radius 2 is 2.19 bits per heavy atom. The maximum absolute atomic E-state index is 12.1. The fourth-order valence-corrected chi connectivity index (χ4v) is 3.63. The lowest BCUT2D eigenvalue weighted by Crippen LogP contribution is -2.15. The first kappa shape index (κ1) is 15.2. The minimum absolute atomic E-state index is 0.197. The van der Waals surface area contributed by atoms with Crippen LogP contribution < -0.4 is 9.46 Å². The van der Waals surface area contributed by atoms with Gasteiger partial charge in [-0.25, -0.2) is 23.2 Å². The second-order valence-electron chi connectivity index (χ2n) is 3.72. The van der Waals surface area contributed by atoms with Gasteiger partial charge in [0.1, 0.15) is 0 Å². The van der Waals surface area contributed by atoms with Crippen LogP contribution in [0.15, 0.2) is 28.0 Å².